The molecule has 0 fully saturated rings. The summed E-state index contributed by atoms with van der Waals surface area (Å²) in [4.78, 5) is 13.0. The lowest BCUT2D eigenvalue weighted by atomic mass is 10.4. The minimum Gasteiger partial charge on any atom is -0.325 e. The third-order valence-electron chi connectivity index (χ3n) is 1.69. The minimum absolute atomic E-state index is 0.105. The zero-order valence-electron chi connectivity index (χ0n) is 7.68. The predicted molar refractivity (Wildman–Crippen MR) is 48.5 cm³/mol. The molecule has 78 valence electrons. The van der Waals surface area contributed by atoms with Gasteiger partial charge in [-0.15, -0.1) is 0 Å². The van der Waals surface area contributed by atoms with E-state index in [2.05, 4.69) is 4.98 Å². The molecule has 1 heterocycles. The highest BCUT2D eigenvalue weighted by atomic mass is 32.2. The summed E-state index contributed by atoms with van der Waals surface area (Å²) in [6.07, 6.45) is 0. The van der Waals surface area contributed by atoms with Crippen LogP contribution in [0.25, 0.3) is 0 Å². The van der Waals surface area contributed by atoms with Gasteiger partial charge in [-0.05, 0) is 13.0 Å². The van der Waals surface area contributed by atoms with E-state index in [-0.39, 0.29) is 20.6 Å². The van der Waals surface area contributed by atoms with Crippen LogP contribution >= 0.6 is 0 Å². The Balaban J connectivity index is 3.42. The number of rotatable bonds is 2. The Bertz CT molecular complexity index is 489. The van der Waals surface area contributed by atoms with Gasteiger partial charge in [0.05, 0.1) is 0 Å². The second-order valence-corrected chi connectivity index (χ2v) is 4.67. The van der Waals surface area contributed by atoms with Crippen LogP contribution in [0, 0.1) is 6.92 Å². The highest BCUT2D eigenvalue weighted by Crippen LogP contribution is 2.13. The van der Waals surface area contributed by atoms with E-state index in [1.807, 2.05) is 0 Å². The highest BCUT2D eigenvalue weighted by Gasteiger charge is 2.21. The summed E-state index contributed by atoms with van der Waals surface area (Å²) < 4.78 is 22.9. The standard InChI is InChI=1S/C7H10N2O4S/c1-5-6(3-4-7(10)8-5)14(12,13)9(2)11/h3-4,11H,1-2H3,(H,8,10). The summed E-state index contributed by atoms with van der Waals surface area (Å²) >= 11 is 0. The Labute approximate surface area is 80.8 Å². The predicted octanol–water partition coefficient (Wildman–Crippen LogP) is -0.307. The van der Waals surface area contributed by atoms with Gasteiger partial charge in [-0.3, -0.25) is 10.0 Å². The van der Waals surface area contributed by atoms with Gasteiger partial charge in [-0.25, -0.2) is 8.42 Å². The van der Waals surface area contributed by atoms with Gasteiger partial charge in [0.1, 0.15) is 4.90 Å². The fourth-order valence-electron chi connectivity index (χ4n) is 0.986. The van der Waals surface area contributed by atoms with Crippen molar-refractivity contribution in [3.63, 3.8) is 0 Å². The van der Waals surface area contributed by atoms with Crippen LogP contribution < -0.4 is 5.56 Å². The summed E-state index contributed by atoms with van der Waals surface area (Å²) in [5, 5.41) is 8.88. The Kier molecular flexibility index (Phi) is 2.74. The van der Waals surface area contributed by atoms with Crippen molar-refractivity contribution in [2.24, 2.45) is 0 Å². The molecule has 0 aromatic carbocycles. The molecule has 6 nitrogen and oxygen atoms in total. The maximum Gasteiger partial charge on any atom is 0.266 e. The molecule has 1 aromatic rings. The van der Waals surface area contributed by atoms with Crippen molar-refractivity contribution >= 4 is 10.0 Å². The monoisotopic (exact) mass is 218 g/mol. The summed E-state index contributed by atoms with van der Waals surface area (Å²) in [5.74, 6) is 0. The topological polar surface area (TPSA) is 90.5 Å². The van der Waals surface area contributed by atoms with Crippen LogP contribution in [0.2, 0.25) is 0 Å². The van der Waals surface area contributed by atoms with Crippen LogP contribution in [-0.4, -0.2) is 30.1 Å². The summed E-state index contributed by atoms with van der Waals surface area (Å²) in [6.45, 7) is 1.44. The Morgan fingerprint density at radius 2 is 2.00 bits per heavy atom. The zero-order chi connectivity index (χ0) is 10.9. The Morgan fingerprint density at radius 3 is 2.43 bits per heavy atom. The number of aromatic amines is 1. The molecule has 7 heteroatoms. The fraction of sp³-hybridized carbons (Fsp3) is 0.286. The molecule has 0 bridgehead atoms. The molecule has 0 aliphatic rings. The maximum atomic E-state index is 11.4. The third-order valence-corrected chi connectivity index (χ3v) is 3.39. The number of hydroxylamine groups is 1. The van der Waals surface area contributed by atoms with Crippen molar-refractivity contribution in [2.75, 3.05) is 7.05 Å². The number of nitrogens with one attached hydrogen (secondary N) is 1. The Hall–Kier alpha value is -1.18. The van der Waals surface area contributed by atoms with E-state index in [4.69, 9.17) is 5.21 Å². The first-order valence-electron chi connectivity index (χ1n) is 3.73. The molecule has 0 amide bonds. The maximum absolute atomic E-state index is 11.4. The van der Waals surface area contributed by atoms with Crippen LogP contribution in [0.15, 0.2) is 21.8 Å². The van der Waals surface area contributed by atoms with Crippen LogP contribution in [0.4, 0.5) is 0 Å². The molecule has 0 atom stereocenters. The number of pyridine rings is 1. The first kappa shape index (κ1) is 10.9. The van der Waals surface area contributed by atoms with Gasteiger partial charge in [-0.1, -0.05) is 4.47 Å². The SMILES string of the molecule is Cc1[nH]c(=O)ccc1S(=O)(=O)N(C)O. The normalized spacial score (nSPS) is 12.0. The van der Waals surface area contributed by atoms with E-state index in [1.54, 1.807) is 0 Å². The summed E-state index contributed by atoms with van der Waals surface area (Å²) in [5.41, 5.74) is -0.194. The molecule has 14 heavy (non-hydrogen) atoms. The van der Waals surface area contributed by atoms with Gasteiger partial charge < -0.3 is 4.98 Å². The van der Waals surface area contributed by atoms with Gasteiger partial charge in [0.25, 0.3) is 10.0 Å². The number of aryl methyl sites for hydroxylation is 1. The quantitative estimate of drug-likeness (QED) is 0.666. The molecule has 0 saturated heterocycles. The van der Waals surface area contributed by atoms with Crippen LogP contribution in [-0.2, 0) is 10.0 Å². The van der Waals surface area contributed by atoms with Crippen molar-refractivity contribution in [1.29, 1.82) is 0 Å². The van der Waals surface area contributed by atoms with Crippen molar-refractivity contribution < 1.29 is 13.6 Å². The zero-order valence-corrected chi connectivity index (χ0v) is 8.50. The van der Waals surface area contributed by atoms with Crippen molar-refractivity contribution in [1.82, 2.24) is 9.45 Å². The van der Waals surface area contributed by atoms with Gasteiger partial charge >= 0.3 is 0 Å². The lowest BCUT2D eigenvalue weighted by Crippen LogP contribution is -2.25. The molecular formula is C7H10N2O4S. The molecule has 1 rings (SSSR count). The number of nitrogens with zero attached hydrogens (tertiary/aromatic N) is 1. The van der Waals surface area contributed by atoms with Crippen molar-refractivity contribution in [3.8, 4) is 0 Å². The highest BCUT2D eigenvalue weighted by molar-refractivity contribution is 7.89. The van der Waals surface area contributed by atoms with E-state index in [1.165, 1.54) is 6.92 Å². The molecular weight excluding hydrogens is 208 g/mol. The lowest BCUT2D eigenvalue weighted by molar-refractivity contribution is 0.0309. The first-order valence-corrected chi connectivity index (χ1v) is 5.17. The summed E-state index contributed by atoms with van der Waals surface area (Å²) in [6, 6.07) is 2.24. The number of hydrogen-bond acceptors (Lipinski definition) is 4. The van der Waals surface area contributed by atoms with E-state index in [0.29, 0.717) is 0 Å². The molecule has 0 unspecified atom stereocenters. The van der Waals surface area contributed by atoms with Gasteiger partial charge in [0, 0.05) is 18.8 Å². The molecule has 0 radical (unpaired) electrons. The van der Waals surface area contributed by atoms with Crippen molar-refractivity contribution in [2.45, 2.75) is 11.8 Å². The number of aromatic nitrogens is 1. The van der Waals surface area contributed by atoms with Gasteiger partial charge in [0.2, 0.25) is 5.56 Å². The van der Waals surface area contributed by atoms with Crippen LogP contribution in [0.1, 0.15) is 5.69 Å². The number of H-pyrrole nitrogens is 1. The van der Waals surface area contributed by atoms with Gasteiger partial charge in [-0.2, -0.15) is 0 Å². The third kappa shape index (κ3) is 1.84. The smallest absolute Gasteiger partial charge is 0.266 e. The van der Waals surface area contributed by atoms with E-state index in [9.17, 15) is 13.2 Å². The average Bonchev–Trinajstić information content (AvgIpc) is 2.02. The van der Waals surface area contributed by atoms with Gasteiger partial charge in [0.15, 0.2) is 0 Å². The number of hydrogen-bond donors (Lipinski definition) is 2. The van der Waals surface area contributed by atoms with E-state index >= 15 is 0 Å². The second kappa shape index (κ2) is 3.52. The minimum atomic E-state index is -3.91. The molecule has 1 aromatic heterocycles. The largest absolute Gasteiger partial charge is 0.325 e. The first-order chi connectivity index (χ1) is 6.35. The molecule has 0 aliphatic heterocycles. The lowest BCUT2D eigenvalue weighted by Gasteiger charge is -2.10. The fourth-order valence-corrected chi connectivity index (χ4v) is 1.95. The Morgan fingerprint density at radius 1 is 1.43 bits per heavy atom. The second-order valence-electron chi connectivity index (χ2n) is 2.75. The van der Waals surface area contributed by atoms with E-state index in [0.717, 1.165) is 19.2 Å². The van der Waals surface area contributed by atoms with E-state index < -0.39 is 10.0 Å². The molecule has 0 saturated carbocycles. The average molecular weight is 218 g/mol. The van der Waals surface area contributed by atoms with Crippen molar-refractivity contribution in [3.05, 3.63) is 28.2 Å². The van der Waals surface area contributed by atoms with Crippen LogP contribution in [0.5, 0.6) is 0 Å². The summed E-state index contributed by atoms with van der Waals surface area (Å²) in [7, 11) is -2.91. The molecule has 0 aliphatic carbocycles. The molecule has 0 spiro atoms. The number of sulfonamides is 1. The van der Waals surface area contributed by atoms with Crippen LogP contribution in [0.3, 0.4) is 0 Å². The molecule has 2 N–H and O–H groups in total.